The second-order valence-electron chi connectivity index (χ2n) is 9.87. The third-order valence-corrected chi connectivity index (χ3v) is 7.83. The summed E-state index contributed by atoms with van der Waals surface area (Å²) in [7, 11) is 0. The maximum atomic E-state index is 12.8. The van der Waals surface area contributed by atoms with Gasteiger partial charge in [0.1, 0.15) is 6.07 Å². The number of rotatable bonds is 9. The van der Waals surface area contributed by atoms with Gasteiger partial charge in [-0.25, -0.2) is 0 Å². The van der Waals surface area contributed by atoms with Crippen LogP contribution in [0.1, 0.15) is 101 Å². The number of hydrogen-bond acceptors (Lipinski definition) is 1. The summed E-state index contributed by atoms with van der Waals surface area (Å²) in [5.74, 6) is 2.78. The van der Waals surface area contributed by atoms with Gasteiger partial charge in [-0.1, -0.05) is 62.6 Å². The van der Waals surface area contributed by atoms with Gasteiger partial charge in [0.05, 0.1) is 0 Å². The first kappa shape index (κ1) is 23.8. The average molecular weight is 422 g/mol. The molecule has 0 radical (unpaired) electrons. The molecule has 0 heterocycles. The predicted octanol–water partition coefficient (Wildman–Crippen LogP) is 8.82. The Balaban J connectivity index is 1.35. The van der Waals surface area contributed by atoms with Crippen LogP contribution in [0.4, 0.5) is 4.39 Å². The summed E-state index contributed by atoms with van der Waals surface area (Å²) in [6, 6.07) is 11.0. The molecule has 0 aliphatic heterocycles. The summed E-state index contributed by atoms with van der Waals surface area (Å²) in [6.07, 6.45) is 22.0. The molecule has 31 heavy (non-hydrogen) atoms. The zero-order valence-electron chi connectivity index (χ0n) is 19.4. The molecule has 0 bridgehead atoms. The number of allylic oxidation sites excluding steroid dienone is 4. The fourth-order valence-corrected chi connectivity index (χ4v) is 5.83. The largest absolute Gasteiger partial charge is 0.199 e. The van der Waals surface area contributed by atoms with Gasteiger partial charge in [0, 0.05) is 0 Å². The highest BCUT2D eigenvalue weighted by atomic mass is 19.1. The number of aryl methyl sites for hydroxylation is 1. The summed E-state index contributed by atoms with van der Waals surface area (Å²) >= 11 is 0. The molecule has 1 aromatic carbocycles. The van der Waals surface area contributed by atoms with Crippen LogP contribution in [0.25, 0.3) is 0 Å². The molecule has 0 aromatic heterocycles. The highest BCUT2D eigenvalue weighted by Crippen LogP contribution is 2.44. The van der Waals surface area contributed by atoms with Crippen LogP contribution in [0.5, 0.6) is 0 Å². The highest BCUT2D eigenvalue weighted by molar-refractivity contribution is 5.26. The molecule has 2 aliphatic rings. The fourth-order valence-electron chi connectivity index (χ4n) is 5.83. The third kappa shape index (κ3) is 7.64. The topological polar surface area (TPSA) is 23.8 Å². The summed E-state index contributed by atoms with van der Waals surface area (Å²) in [4.78, 5) is 0. The van der Waals surface area contributed by atoms with Crippen molar-refractivity contribution in [2.24, 2.45) is 17.8 Å². The zero-order chi connectivity index (χ0) is 21.9. The Kier molecular flexibility index (Phi) is 9.85. The van der Waals surface area contributed by atoms with Gasteiger partial charge in [0.2, 0.25) is 0 Å². The Labute approximate surface area is 189 Å². The summed E-state index contributed by atoms with van der Waals surface area (Å²) in [6.45, 7) is 2.26. The molecule has 2 heteroatoms. The van der Waals surface area contributed by atoms with Crippen LogP contribution in [0.3, 0.4) is 0 Å². The van der Waals surface area contributed by atoms with Crippen molar-refractivity contribution in [1.82, 2.24) is 0 Å². The number of unbranched alkanes of at least 4 members (excludes halogenated alkanes) is 1. The van der Waals surface area contributed by atoms with E-state index in [1.807, 2.05) is 6.08 Å². The van der Waals surface area contributed by atoms with Gasteiger partial charge >= 0.3 is 0 Å². The maximum Gasteiger partial charge on any atom is 0.199 e. The molecular formula is C29H40FN. The molecule has 1 nitrogen and oxygen atoms in total. The Morgan fingerprint density at radius 2 is 1.65 bits per heavy atom. The van der Waals surface area contributed by atoms with Gasteiger partial charge in [-0.2, -0.15) is 9.65 Å². The highest BCUT2D eigenvalue weighted by Gasteiger charge is 2.31. The summed E-state index contributed by atoms with van der Waals surface area (Å²) < 4.78 is 12.8. The van der Waals surface area contributed by atoms with Gasteiger partial charge in [0.25, 0.3) is 0 Å². The fraction of sp³-hybridized carbons (Fsp3) is 0.621. The van der Waals surface area contributed by atoms with Crippen LogP contribution in [0.15, 0.2) is 48.3 Å². The molecule has 3 rings (SSSR count). The van der Waals surface area contributed by atoms with Crippen LogP contribution in [-0.2, 0) is 6.42 Å². The molecule has 0 N–H and O–H groups in total. The monoisotopic (exact) mass is 421 g/mol. The number of nitriles is 1. The Morgan fingerprint density at radius 1 is 1.00 bits per heavy atom. The van der Waals surface area contributed by atoms with E-state index < -0.39 is 5.83 Å². The summed E-state index contributed by atoms with van der Waals surface area (Å²) in [5.41, 5.74) is 3.07. The Bertz CT molecular complexity index is 738. The molecule has 0 spiro atoms. The molecule has 168 valence electrons. The maximum absolute atomic E-state index is 12.8. The minimum absolute atomic E-state index is 0.713. The normalized spacial score (nSPS) is 27.3. The van der Waals surface area contributed by atoms with E-state index in [1.165, 1.54) is 94.8 Å². The van der Waals surface area contributed by atoms with Crippen molar-refractivity contribution >= 4 is 0 Å². The average Bonchev–Trinajstić information content (AvgIpc) is 2.83. The van der Waals surface area contributed by atoms with E-state index in [2.05, 4.69) is 31.2 Å². The minimum atomic E-state index is -0.713. The van der Waals surface area contributed by atoms with Crippen molar-refractivity contribution in [1.29, 1.82) is 5.26 Å². The van der Waals surface area contributed by atoms with E-state index in [0.717, 1.165) is 30.1 Å². The molecular weight excluding hydrogens is 381 g/mol. The van der Waals surface area contributed by atoms with E-state index in [9.17, 15) is 4.39 Å². The predicted molar refractivity (Wildman–Crippen MR) is 128 cm³/mol. The second-order valence-corrected chi connectivity index (χ2v) is 9.87. The molecule has 0 unspecified atom stereocenters. The van der Waals surface area contributed by atoms with Crippen molar-refractivity contribution in [3.8, 4) is 6.07 Å². The Morgan fingerprint density at radius 3 is 2.26 bits per heavy atom. The van der Waals surface area contributed by atoms with Crippen LogP contribution >= 0.6 is 0 Å². The second kappa shape index (κ2) is 12.8. The lowest BCUT2D eigenvalue weighted by Gasteiger charge is -2.38. The number of halogens is 1. The van der Waals surface area contributed by atoms with Crippen molar-refractivity contribution in [2.45, 2.75) is 96.3 Å². The van der Waals surface area contributed by atoms with Crippen molar-refractivity contribution in [3.05, 3.63) is 59.4 Å². The quantitative estimate of drug-likeness (QED) is 0.288. The van der Waals surface area contributed by atoms with Crippen LogP contribution in [0.2, 0.25) is 0 Å². The minimum Gasteiger partial charge on any atom is -0.195 e. The van der Waals surface area contributed by atoms with Gasteiger partial charge < -0.3 is 0 Å². The lowest BCUT2D eigenvalue weighted by atomic mass is 9.68. The molecule has 0 atom stereocenters. The van der Waals surface area contributed by atoms with Crippen molar-refractivity contribution < 1.29 is 4.39 Å². The van der Waals surface area contributed by atoms with Crippen LogP contribution in [-0.4, -0.2) is 0 Å². The van der Waals surface area contributed by atoms with Gasteiger partial charge in [-0.15, -0.1) is 0 Å². The Hall–Kier alpha value is -1.88. The van der Waals surface area contributed by atoms with Crippen molar-refractivity contribution in [3.63, 3.8) is 0 Å². The van der Waals surface area contributed by atoms with E-state index in [4.69, 9.17) is 5.26 Å². The van der Waals surface area contributed by atoms with Gasteiger partial charge in [-0.3, -0.25) is 0 Å². The molecule has 0 amide bonds. The van der Waals surface area contributed by atoms with Crippen LogP contribution in [0, 0.1) is 29.1 Å². The van der Waals surface area contributed by atoms with E-state index >= 15 is 0 Å². The van der Waals surface area contributed by atoms with E-state index in [1.54, 1.807) is 11.6 Å². The first-order chi connectivity index (χ1) is 15.2. The van der Waals surface area contributed by atoms with Crippen molar-refractivity contribution in [2.75, 3.05) is 0 Å². The standard InChI is InChI=1S/C29H40FN/c1-2-3-7-23-10-14-25(15-11-23)27-18-20-28(21-19-27)26-16-12-24(13-17-26)8-5-4-6-9-29(30)22-31/h4,6,9-11,14-15,24,26-28H,2-3,5,7-8,12-13,16-21H2,1H3/b6-4+,29-9-. The first-order valence-corrected chi connectivity index (χ1v) is 12.7. The number of hydrogen-bond donors (Lipinski definition) is 0. The molecule has 1 aromatic rings. The lowest BCUT2D eigenvalue weighted by molar-refractivity contribution is 0.157. The lowest BCUT2D eigenvalue weighted by Crippen LogP contribution is -2.25. The van der Waals surface area contributed by atoms with E-state index in [0.29, 0.717) is 0 Å². The van der Waals surface area contributed by atoms with Gasteiger partial charge in [-0.05, 0) is 105 Å². The smallest absolute Gasteiger partial charge is 0.195 e. The third-order valence-electron chi connectivity index (χ3n) is 7.83. The van der Waals surface area contributed by atoms with Gasteiger partial charge in [0.15, 0.2) is 5.83 Å². The SMILES string of the molecule is CCCCc1ccc(C2CCC(C3CCC(CC/C=C/C=C(\F)C#N)CC3)CC2)cc1. The number of benzene rings is 1. The molecule has 0 saturated heterocycles. The molecule has 2 fully saturated rings. The van der Waals surface area contributed by atoms with E-state index in [-0.39, 0.29) is 0 Å². The first-order valence-electron chi connectivity index (χ1n) is 12.7. The molecule has 2 aliphatic carbocycles. The number of nitrogens with zero attached hydrogens (tertiary/aromatic N) is 1. The molecule has 2 saturated carbocycles. The van der Waals surface area contributed by atoms with Crippen LogP contribution < -0.4 is 0 Å². The summed E-state index contributed by atoms with van der Waals surface area (Å²) in [5, 5.41) is 8.41. The zero-order valence-corrected chi connectivity index (χ0v) is 19.4.